The summed E-state index contributed by atoms with van der Waals surface area (Å²) < 4.78 is 53.0. The summed E-state index contributed by atoms with van der Waals surface area (Å²) in [5.74, 6) is -2.32. The first-order valence-electron chi connectivity index (χ1n) is 12.0. The van der Waals surface area contributed by atoms with Crippen molar-refractivity contribution in [1.82, 2.24) is 8.87 Å². The van der Waals surface area contributed by atoms with E-state index in [0.29, 0.717) is 22.2 Å². The summed E-state index contributed by atoms with van der Waals surface area (Å²) in [6, 6.07) is 8.11. The molecule has 2 heterocycles. The monoisotopic (exact) mass is 563 g/mol. The fourth-order valence-corrected chi connectivity index (χ4v) is 6.90. The van der Waals surface area contributed by atoms with Gasteiger partial charge in [0.2, 0.25) is 10.0 Å². The van der Waals surface area contributed by atoms with Crippen molar-refractivity contribution >= 4 is 49.4 Å². The molecule has 1 unspecified atom stereocenters. The molecule has 3 aromatic rings. The highest BCUT2D eigenvalue weighted by atomic mass is 32.2. The van der Waals surface area contributed by atoms with Crippen LogP contribution in [0.2, 0.25) is 0 Å². The van der Waals surface area contributed by atoms with E-state index in [-0.39, 0.29) is 42.4 Å². The minimum absolute atomic E-state index is 0.115. The minimum Gasteiger partial charge on any atom is -0.465 e. The number of hydrogen-bond acceptors (Lipinski definition) is 8. The van der Waals surface area contributed by atoms with Gasteiger partial charge in [-0.1, -0.05) is 11.3 Å². The Labute approximate surface area is 222 Å². The van der Waals surface area contributed by atoms with E-state index in [2.05, 4.69) is 4.99 Å². The van der Waals surface area contributed by atoms with Gasteiger partial charge in [-0.25, -0.2) is 17.6 Å². The van der Waals surface area contributed by atoms with Gasteiger partial charge in [0.15, 0.2) is 4.80 Å². The molecule has 1 saturated heterocycles. The second kappa shape index (κ2) is 11.5. The van der Waals surface area contributed by atoms with Crippen LogP contribution in [0.25, 0.3) is 10.2 Å². The number of carbonyl (C=O) groups is 3. The molecular formula is C25H26FN3O7S2. The van der Waals surface area contributed by atoms with Gasteiger partial charge in [-0.2, -0.15) is 9.30 Å². The third-order valence-electron chi connectivity index (χ3n) is 5.90. The van der Waals surface area contributed by atoms with E-state index in [1.807, 2.05) is 0 Å². The van der Waals surface area contributed by atoms with Crippen LogP contribution in [0.15, 0.2) is 52.4 Å². The number of nitrogens with zero attached hydrogens (tertiary/aromatic N) is 3. The lowest BCUT2D eigenvalue weighted by molar-refractivity contribution is -0.143. The van der Waals surface area contributed by atoms with Crippen molar-refractivity contribution in [2.45, 2.75) is 44.2 Å². The van der Waals surface area contributed by atoms with Gasteiger partial charge in [-0.15, -0.1) is 0 Å². The highest BCUT2D eigenvalue weighted by Crippen LogP contribution is 2.27. The molecule has 1 aliphatic heterocycles. The van der Waals surface area contributed by atoms with Gasteiger partial charge in [0.1, 0.15) is 18.4 Å². The second-order valence-electron chi connectivity index (χ2n) is 8.36. The Morgan fingerprint density at radius 3 is 2.47 bits per heavy atom. The Hall–Kier alpha value is -3.42. The quantitative estimate of drug-likeness (QED) is 0.386. The summed E-state index contributed by atoms with van der Waals surface area (Å²) in [7, 11) is -4.07. The molecule has 0 saturated carbocycles. The third-order valence-corrected chi connectivity index (χ3v) is 8.86. The van der Waals surface area contributed by atoms with Crippen molar-refractivity contribution in [2.24, 2.45) is 4.99 Å². The topological polar surface area (TPSA) is 124 Å². The number of aromatic nitrogens is 1. The Morgan fingerprint density at radius 2 is 1.79 bits per heavy atom. The molecular weight excluding hydrogens is 537 g/mol. The largest absolute Gasteiger partial charge is 0.465 e. The molecule has 1 atom stereocenters. The number of carbonyl (C=O) groups excluding carboxylic acids is 3. The fourth-order valence-electron chi connectivity index (χ4n) is 4.17. The smallest absolute Gasteiger partial charge is 0.338 e. The van der Waals surface area contributed by atoms with E-state index in [0.717, 1.165) is 39.9 Å². The maximum absolute atomic E-state index is 13.3. The van der Waals surface area contributed by atoms with Gasteiger partial charge in [-0.3, -0.25) is 9.59 Å². The average Bonchev–Trinajstić information content (AvgIpc) is 3.50. The van der Waals surface area contributed by atoms with Gasteiger partial charge in [-0.05, 0) is 69.2 Å². The summed E-state index contributed by atoms with van der Waals surface area (Å²) >= 11 is 1.08. The van der Waals surface area contributed by atoms with Gasteiger partial charge in [0.25, 0.3) is 5.91 Å². The van der Waals surface area contributed by atoms with Crippen LogP contribution in [0.1, 0.15) is 37.0 Å². The first-order valence-corrected chi connectivity index (χ1v) is 14.2. The summed E-state index contributed by atoms with van der Waals surface area (Å²) in [5.41, 5.74) is 0.846. The number of benzene rings is 2. The van der Waals surface area contributed by atoms with Crippen molar-refractivity contribution < 1.29 is 36.7 Å². The molecule has 0 bridgehead atoms. The molecule has 1 aromatic heterocycles. The lowest BCUT2D eigenvalue weighted by atomic mass is 10.2. The minimum atomic E-state index is -4.07. The maximum atomic E-state index is 13.3. The lowest BCUT2D eigenvalue weighted by Crippen LogP contribution is -2.40. The maximum Gasteiger partial charge on any atom is 0.338 e. The standard InChI is InChI=1S/C25H26FN3O7S2/c1-3-35-22(30)15-28-19-12-7-16(24(32)36-4-2)14-21(19)37-25(28)27-23(31)20-6-5-13-29(20)38(33,34)18-10-8-17(26)9-11-18/h7-12,14,20H,3-6,13,15H2,1-2H3. The van der Waals surface area contributed by atoms with Crippen LogP contribution < -0.4 is 4.80 Å². The van der Waals surface area contributed by atoms with Gasteiger partial charge in [0.05, 0.1) is 33.9 Å². The summed E-state index contributed by atoms with van der Waals surface area (Å²) in [4.78, 5) is 42.1. The number of thiazole rings is 1. The van der Waals surface area contributed by atoms with Gasteiger partial charge in [0, 0.05) is 6.54 Å². The van der Waals surface area contributed by atoms with Crippen LogP contribution in [0.5, 0.6) is 0 Å². The van der Waals surface area contributed by atoms with Gasteiger partial charge >= 0.3 is 11.9 Å². The van der Waals surface area contributed by atoms with E-state index in [1.54, 1.807) is 32.0 Å². The van der Waals surface area contributed by atoms with Crippen molar-refractivity contribution in [3.05, 3.63) is 58.6 Å². The Balaban J connectivity index is 1.74. The average molecular weight is 564 g/mol. The van der Waals surface area contributed by atoms with Crippen LogP contribution in [-0.4, -0.2) is 60.9 Å². The molecule has 0 N–H and O–H groups in total. The molecule has 2 aromatic carbocycles. The predicted molar refractivity (Wildman–Crippen MR) is 136 cm³/mol. The fraction of sp³-hybridized carbons (Fsp3) is 0.360. The van der Waals surface area contributed by atoms with E-state index in [4.69, 9.17) is 9.47 Å². The SMILES string of the molecule is CCOC(=O)Cn1c(=NC(=O)C2CCCN2S(=O)(=O)c2ccc(F)cc2)sc2cc(C(=O)OCC)ccc21. The van der Waals surface area contributed by atoms with Gasteiger partial charge < -0.3 is 14.0 Å². The summed E-state index contributed by atoms with van der Waals surface area (Å²) in [5, 5.41) is 0. The number of esters is 2. The Kier molecular flexibility index (Phi) is 8.38. The van der Waals surface area contributed by atoms with Crippen LogP contribution >= 0.6 is 11.3 Å². The number of halogens is 1. The van der Waals surface area contributed by atoms with E-state index in [1.165, 1.54) is 4.57 Å². The molecule has 1 fully saturated rings. The lowest BCUT2D eigenvalue weighted by Gasteiger charge is -2.21. The van der Waals surface area contributed by atoms with Crippen LogP contribution in [0.4, 0.5) is 4.39 Å². The number of amides is 1. The summed E-state index contributed by atoms with van der Waals surface area (Å²) in [6.07, 6.45) is 0.711. The van der Waals surface area contributed by atoms with E-state index < -0.39 is 39.7 Å². The molecule has 1 aliphatic rings. The highest BCUT2D eigenvalue weighted by molar-refractivity contribution is 7.89. The first kappa shape index (κ1) is 27.6. The van der Waals surface area contributed by atoms with Crippen molar-refractivity contribution in [3.8, 4) is 0 Å². The summed E-state index contributed by atoms with van der Waals surface area (Å²) in [6.45, 7) is 3.62. The van der Waals surface area contributed by atoms with Crippen LogP contribution in [0, 0.1) is 5.82 Å². The molecule has 1 amide bonds. The molecule has 4 rings (SSSR count). The zero-order valence-electron chi connectivity index (χ0n) is 20.8. The predicted octanol–water partition coefficient (Wildman–Crippen LogP) is 2.86. The van der Waals surface area contributed by atoms with Crippen LogP contribution in [0.3, 0.4) is 0 Å². The van der Waals surface area contributed by atoms with Crippen molar-refractivity contribution in [1.29, 1.82) is 0 Å². The zero-order valence-corrected chi connectivity index (χ0v) is 22.4. The first-order chi connectivity index (χ1) is 18.1. The molecule has 0 radical (unpaired) electrons. The Morgan fingerprint density at radius 1 is 1.08 bits per heavy atom. The number of hydrogen-bond donors (Lipinski definition) is 0. The molecule has 13 heteroatoms. The molecule has 38 heavy (non-hydrogen) atoms. The molecule has 202 valence electrons. The second-order valence-corrected chi connectivity index (χ2v) is 11.3. The third kappa shape index (κ3) is 5.69. The normalized spacial score (nSPS) is 16.6. The highest BCUT2D eigenvalue weighted by Gasteiger charge is 2.39. The zero-order chi connectivity index (χ0) is 27.4. The van der Waals surface area contributed by atoms with Crippen molar-refractivity contribution in [2.75, 3.05) is 19.8 Å². The van der Waals surface area contributed by atoms with Crippen LogP contribution in [-0.2, 0) is 35.6 Å². The number of ether oxygens (including phenoxy) is 2. The number of fused-ring (bicyclic) bond motifs is 1. The molecule has 0 aliphatic carbocycles. The number of sulfonamides is 1. The van der Waals surface area contributed by atoms with E-state index >= 15 is 0 Å². The van der Waals surface area contributed by atoms with E-state index in [9.17, 15) is 27.2 Å². The molecule has 0 spiro atoms. The van der Waals surface area contributed by atoms with Crippen molar-refractivity contribution in [3.63, 3.8) is 0 Å². The Bertz CT molecular complexity index is 1550. The molecule has 10 nitrogen and oxygen atoms in total. The number of rotatable bonds is 8.